The monoisotopic (exact) mass is 218 g/mol. The molecule has 0 spiro atoms. The summed E-state index contributed by atoms with van der Waals surface area (Å²) in [6.45, 7) is 10.5. The topological polar surface area (TPSA) is 17.1 Å². The van der Waals surface area contributed by atoms with Crippen LogP contribution < -0.4 is 0 Å². The van der Waals surface area contributed by atoms with E-state index < -0.39 is 0 Å². The van der Waals surface area contributed by atoms with Gasteiger partial charge < -0.3 is 0 Å². The van der Waals surface area contributed by atoms with E-state index in [0.29, 0.717) is 5.92 Å². The third kappa shape index (κ3) is 2.34. The summed E-state index contributed by atoms with van der Waals surface area (Å²) in [4.78, 5) is 12.2. The highest BCUT2D eigenvalue weighted by Gasteiger charge is 2.34. The summed E-state index contributed by atoms with van der Waals surface area (Å²) in [6.07, 6.45) is 8.82. The molecule has 0 aromatic heterocycles. The van der Waals surface area contributed by atoms with E-state index in [1.165, 1.54) is 0 Å². The van der Waals surface area contributed by atoms with Crippen molar-refractivity contribution in [3.8, 4) is 0 Å². The van der Waals surface area contributed by atoms with Gasteiger partial charge in [-0.15, -0.1) is 0 Å². The highest BCUT2D eigenvalue weighted by atomic mass is 16.1. The second-order valence-corrected chi connectivity index (χ2v) is 5.10. The van der Waals surface area contributed by atoms with Crippen molar-refractivity contribution in [3.63, 3.8) is 0 Å². The van der Waals surface area contributed by atoms with E-state index in [-0.39, 0.29) is 11.2 Å². The Morgan fingerprint density at radius 3 is 2.69 bits per heavy atom. The molecule has 0 heterocycles. The second-order valence-electron chi connectivity index (χ2n) is 5.10. The lowest BCUT2D eigenvalue weighted by Crippen LogP contribution is -2.30. The molecule has 1 atom stereocenters. The second kappa shape index (κ2) is 4.82. The average molecular weight is 218 g/mol. The molecule has 0 saturated heterocycles. The third-order valence-electron chi connectivity index (χ3n) is 3.56. The van der Waals surface area contributed by atoms with E-state index in [1.54, 1.807) is 6.08 Å². The minimum atomic E-state index is -0.0615. The zero-order chi connectivity index (χ0) is 12.3. The van der Waals surface area contributed by atoms with E-state index in [0.717, 1.165) is 17.6 Å². The van der Waals surface area contributed by atoms with E-state index in [2.05, 4.69) is 32.9 Å². The van der Waals surface area contributed by atoms with Crippen LogP contribution in [0.5, 0.6) is 0 Å². The van der Waals surface area contributed by atoms with Crippen molar-refractivity contribution in [2.45, 2.75) is 41.0 Å². The molecular weight excluding hydrogens is 196 g/mol. The van der Waals surface area contributed by atoms with Crippen molar-refractivity contribution in [1.82, 2.24) is 0 Å². The van der Waals surface area contributed by atoms with Gasteiger partial charge >= 0.3 is 0 Å². The largest absolute Gasteiger partial charge is 0.290 e. The minimum absolute atomic E-state index is 0.0615. The zero-order valence-corrected chi connectivity index (χ0v) is 11.0. The molecule has 1 heteroatoms. The number of ketones is 1. The average Bonchev–Trinajstić information content (AvgIpc) is 2.21. The Morgan fingerprint density at radius 2 is 2.12 bits per heavy atom. The van der Waals surface area contributed by atoms with Gasteiger partial charge in [0.1, 0.15) is 0 Å². The van der Waals surface area contributed by atoms with Crippen LogP contribution in [0.3, 0.4) is 0 Å². The van der Waals surface area contributed by atoms with Crippen LogP contribution >= 0.6 is 0 Å². The molecule has 0 radical (unpaired) electrons. The van der Waals surface area contributed by atoms with Gasteiger partial charge in [-0.25, -0.2) is 0 Å². The maximum atomic E-state index is 12.2. The van der Waals surface area contributed by atoms with Crippen LogP contribution in [-0.4, -0.2) is 5.78 Å². The molecule has 0 aliphatic heterocycles. The maximum Gasteiger partial charge on any atom is 0.182 e. The summed E-state index contributed by atoms with van der Waals surface area (Å²) in [5, 5.41) is 0. The van der Waals surface area contributed by atoms with Crippen LogP contribution in [0.4, 0.5) is 0 Å². The SMILES string of the molecule is CC/C=C/C(=O)C1=C(C)C=C[C@H](C)C1(C)C. The number of hydrogen-bond acceptors (Lipinski definition) is 1. The van der Waals surface area contributed by atoms with Gasteiger partial charge in [0.2, 0.25) is 0 Å². The molecular formula is C15H22O. The van der Waals surface area contributed by atoms with Crippen molar-refractivity contribution in [2.75, 3.05) is 0 Å². The van der Waals surface area contributed by atoms with E-state index in [4.69, 9.17) is 0 Å². The quantitative estimate of drug-likeness (QED) is 0.653. The van der Waals surface area contributed by atoms with Crippen molar-refractivity contribution in [2.24, 2.45) is 11.3 Å². The molecule has 1 aliphatic carbocycles. The Bertz CT molecular complexity index is 367. The van der Waals surface area contributed by atoms with Crippen molar-refractivity contribution >= 4 is 5.78 Å². The minimum Gasteiger partial charge on any atom is -0.290 e. The smallest absolute Gasteiger partial charge is 0.182 e. The van der Waals surface area contributed by atoms with Gasteiger partial charge in [0.25, 0.3) is 0 Å². The first kappa shape index (κ1) is 13.0. The molecule has 0 unspecified atom stereocenters. The van der Waals surface area contributed by atoms with Gasteiger partial charge in [0, 0.05) is 5.57 Å². The molecule has 0 amide bonds. The summed E-state index contributed by atoms with van der Waals surface area (Å²) < 4.78 is 0. The lowest BCUT2D eigenvalue weighted by atomic mass is 9.68. The molecule has 88 valence electrons. The van der Waals surface area contributed by atoms with Crippen LogP contribution in [0.2, 0.25) is 0 Å². The van der Waals surface area contributed by atoms with Gasteiger partial charge in [-0.05, 0) is 36.3 Å². The Balaban J connectivity index is 3.12. The van der Waals surface area contributed by atoms with E-state index in [9.17, 15) is 4.79 Å². The Kier molecular flexibility index (Phi) is 3.90. The first-order valence-electron chi connectivity index (χ1n) is 6.01. The highest BCUT2D eigenvalue weighted by molar-refractivity contribution is 6.06. The standard InChI is InChI=1S/C15H22O/c1-6-7-8-13(16)14-11(2)9-10-12(3)15(14,4)5/h7-10,12H,6H2,1-5H3/b8-7+/t12-/m0/s1. The first-order chi connectivity index (χ1) is 7.41. The molecule has 0 saturated carbocycles. The molecule has 1 aliphatic rings. The summed E-state index contributed by atoms with van der Waals surface area (Å²) in [5.41, 5.74) is 2.01. The molecule has 0 aromatic rings. The van der Waals surface area contributed by atoms with Gasteiger partial charge in [-0.2, -0.15) is 0 Å². The molecule has 0 fully saturated rings. The highest BCUT2D eigenvalue weighted by Crippen LogP contribution is 2.41. The maximum absolute atomic E-state index is 12.2. The van der Waals surface area contributed by atoms with E-state index >= 15 is 0 Å². The Labute approximate surface area is 98.9 Å². The Morgan fingerprint density at radius 1 is 1.50 bits per heavy atom. The Hall–Kier alpha value is -1.11. The number of carbonyl (C=O) groups excluding carboxylic acids is 1. The van der Waals surface area contributed by atoms with Crippen molar-refractivity contribution < 1.29 is 4.79 Å². The lowest BCUT2D eigenvalue weighted by molar-refractivity contribution is -0.112. The third-order valence-corrected chi connectivity index (χ3v) is 3.56. The van der Waals surface area contributed by atoms with E-state index in [1.807, 2.05) is 19.9 Å². The lowest BCUT2D eigenvalue weighted by Gasteiger charge is -2.35. The van der Waals surface area contributed by atoms with Crippen LogP contribution in [-0.2, 0) is 4.79 Å². The molecule has 0 bridgehead atoms. The predicted molar refractivity (Wildman–Crippen MR) is 69.2 cm³/mol. The number of hydrogen-bond donors (Lipinski definition) is 0. The van der Waals surface area contributed by atoms with Crippen molar-refractivity contribution in [1.29, 1.82) is 0 Å². The van der Waals surface area contributed by atoms with Gasteiger partial charge in [0.15, 0.2) is 5.78 Å². The fourth-order valence-corrected chi connectivity index (χ4v) is 2.17. The number of carbonyl (C=O) groups is 1. The fraction of sp³-hybridized carbons (Fsp3) is 0.533. The summed E-state index contributed by atoms with van der Waals surface area (Å²) >= 11 is 0. The fourth-order valence-electron chi connectivity index (χ4n) is 2.17. The molecule has 1 rings (SSSR count). The van der Waals surface area contributed by atoms with Gasteiger partial charge in [0.05, 0.1) is 0 Å². The van der Waals surface area contributed by atoms with Crippen LogP contribution in [0.15, 0.2) is 35.5 Å². The number of allylic oxidation sites excluding steroid dienone is 6. The molecule has 0 aromatic carbocycles. The van der Waals surface area contributed by atoms with Gasteiger partial charge in [-0.1, -0.05) is 45.9 Å². The normalized spacial score (nSPS) is 24.2. The predicted octanol–water partition coefficient (Wildman–Crippen LogP) is 4.07. The molecule has 16 heavy (non-hydrogen) atoms. The van der Waals surface area contributed by atoms with Gasteiger partial charge in [-0.3, -0.25) is 4.79 Å². The molecule has 0 N–H and O–H groups in total. The summed E-state index contributed by atoms with van der Waals surface area (Å²) in [6, 6.07) is 0. The summed E-state index contributed by atoms with van der Waals surface area (Å²) in [5.74, 6) is 0.575. The zero-order valence-electron chi connectivity index (χ0n) is 11.0. The number of rotatable bonds is 3. The summed E-state index contributed by atoms with van der Waals surface area (Å²) in [7, 11) is 0. The van der Waals surface area contributed by atoms with Crippen LogP contribution in [0.25, 0.3) is 0 Å². The van der Waals surface area contributed by atoms with Crippen molar-refractivity contribution in [3.05, 3.63) is 35.5 Å². The van der Waals surface area contributed by atoms with Crippen LogP contribution in [0, 0.1) is 11.3 Å². The molecule has 1 nitrogen and oxygen atoms in total. The van der Waals surface area contributed by atoms with Crippen LogP contribution in [0.1, 0.15) is 41.0 Å². The first-order valence-corrected chi connectivity index (χ1v) is 6.01.